The van der Waals surface area contributed by atoms with Crippen molar-refractivity contribution in [3.05, 3.63) is 78.8 Å². The Labute approximate surface area is 141 Å². The minimum Gasteiger partial charge on any atom is -0.245 e. The molecule has 0 amide bonds. The Kier molecular flexibility index (Phi) is 3.54. The Morgan fingerprint density at radius 2 is 1.67 bits per heavy atom. The summed E-state index contributed by atoms with van der Waals surface area (Å²) in [7, 11) is 2.12. The van der Waals surface area contributed by atoms with Crippen molar-refractivity contribution in [1.82, 2.24) is 9.97 Å². The van der Waals surface area contributed by atoms with Crippen molar-refractivity contribution in [1.29, 1.82) is 0 Å². The molecule has 0 atom stereocenters. The van der Waals surface area contributed by atoms with Gasteiger partial charge in [0.05, 0.1) is 11.3 Å². The van der Waals surface area contributed by atoms with Crippen molar-refractivity contribution in [3.63, 3.8) is 0 Å². The van der Waals surface area contributed by atoms with Gasteiger partial charge in [0.25, 0.3) is 0 Å². The zero-order valence-electron chi connectivity index (χ0n) is 13.8. The zero-order valence-corrected chi connectivity index (χ0v) is 13.8. The Morgan fingerprint density at radius 1 is 0.875 bits per heavy atom. The fourth-order valence-electron chi connectivity index (χ4n) is 3.25. The molecule has 0 fully saturated rings. The van der Waals surface area contributed by atoms with Crippen molar-refractivity contribution in [2.45, 2.75) is 6.92 Å². The maximum Gasteiger partial charge on any atom is 0.222 e. The smallest absolute Gasteiger partial charge is 0.222 e. The standard InChI is InChI=1S/C21H18N3/c1-15-7-3-5-9-17(15)21-18(19-11-12-22-14-23-19)13-16-8-4-6-10-20(16)24(21)2/h3-14H,1-2H3/q+1. The average molecular weight is 312 g/mol. The Hall–Kier alpha value is -3.07. The van der Waals surface area contributed by atoms with Gasteiger partial charge in [-0.25, -0.2) is 9.97 Å². The molecule has 2 aromatic heterocycles. The number of para-hydroxylation sites is 1. The van der Waals surface area contributed by atoms with E-state index in [0.717, 1.165) is 11.3 Å². The van der Waals surface area contributed by atoms with Crippen LogP contribution in [0.5, 0.6) is 0 Å². The molecule has 24 heavy (non-hydrogen) atoms. The minimum absolute atomic E-state index is 0.935. The second kappa shape index (κ2) is 5.85. The van der Waals surface area contributed by atoms with Gasteiger partial charge < -0.3 is 0 Å². The highest BCUT2D eigenvalue weighted by molar-refractivity contribution is 5.87. The van der Waals surface area contributed by atoms with E-state index in [1.54, 1.807) is 12.5 Å². The lowest BCUT2D eigenvalue weighted by Crippen LogP contribution is -2.33. The highest BCUT2D eigenvalue weighted by Gasteiger charge is 2.22. The van der Waals surface area contributed by atoms with Crippen LogP contribution in [0.1, 0.15) is 5.56 Å². The summed E-state index contributed by atoms with van der Waals surface area (Å²) in [6, 6.07) is 21.1. The van der Waals surface area contributed by atoms with E-state index >= 15 is 0 Å². The molecule has 0 aliphatic rings. The van der Waals surface area contributed by atoms with Crippen LogP contribution < -0.4 is 4.57 Å². The molecular weight excluding hydrogens is 294 g/mol. The highest BCUT2D eigenvalue weighted by atomic mass is 14.9. The molecule has 0 radical (unpaired) electrons. The van der Waals surface area contributed by atoms with E-state index in [4.69, 9.17) is 0 Å². The molecule has 0 aliphatic carbocycles. The van der Waals surface area contributed by atoms with E-state index in [1.165, 1.54) is 27.7 Å². The molecule has 2 aromatic carbocycles. The van der Waals surface area contributed by atoms with Crippen LogP contribution in [-0.2, 0) is 7.05 Å². The largest absolute Gasteiger partial charge is 0.245 e. The van der Waals surface area contributed by atoms with Gasteiger partial charge in [0.2, 0.25) is 11.2 Å². The summed E-state index contributed by atoms with van der Waals surface area (Å²) < 4.78 is 2.26. The molecule has 0 saturated heterocycles. The van der Waals surface area contributed by atoms with Crippen LogP contribution >= 0.6 is 0 Å². The molecule has 2 heterocycles. The van der Waals surface area contributed by atoms with E-state index in [9.17, 15) is 0 Å². The second-order valence-electron chi connectivity index (χ2n) is 5.93. The number of fused-ring (bicyclic) bond motifs is 1. The molecule has 0 N–H and O–H groups in total. The molecule has 0 spiro atoms. The monoisotopic (exact) mass is 312 g/mol. The van der Waals surface area contributed by atoms with Crippen LogP contribution in [0.4, 0.5) is 0 Å². The van der Waals surface area contributed by atoms with Crippen LogP contribution in [0.3, 0.4) is 0 Å². The van der Waals surface area contributed by atoms with Crippen molar-refractivity contribution < 1.29 is 4.57 Å². The van der Waals surface area contributed by atoms with E-state index in [0.29, 0.717) is 0 Å². The molecule has 4 aromatic rings. The zero-order chi connectivity index (χ0) is 16.5. The van der Waals surface area contributed by atoms with E-state index < -0.39 is 0 Å². The van der Waals surface area contributed by atoms with Gasteiger partial charge in [0, 0.05) is 23.2 Å². The van der Waals surface area contributed by atoms with Gasteiger partial charge in [-0.2, -0.15) is 4.57 Å². The molecule has 0 bridgehead atoms. The fourth-order valence-corrected chi connectivity index (χ4v) is 3.25. The van der Waals surface area contributed by atoms with Crippen LogP contribution in [-0.4, -0.2) is 9.97 Å². The minimum atomic E-state index is 0.935. The third-order valence-electron chi connectivity index (χ3n) is 4.45. The third-order valence-corrected chi connectivity index (χ3v) is 4.45. The van der Waals surface area contributed by atoms with E-state index in [1.807, 2.05) is 6.07 Å². The molecule has 3 nitrogen and oxygen atoms in total. The van der Waals surface area contributed by atoms with Crippen LogP contribution in [0.25, 0.3) is 33.4 Å². The van der Waals surface area contributed by atoms with Crippen molar-refractivity contribution >= 4 is 10.9 Å². The van der Waals surface area contributed by atoms with Crippen molar-refractivity contribution in [2.75, 3.05) is 0 Å². The SMILES string of the molecule is Cc1ccccc1-c1c(-c2ccncn2)cc2ccccc2[n+]1C. The molecule has 3 heteroatoms. The maximum atomic E-state index is 4.49. The number of aromatic nitrogens is 3. The highest BCUT2D eigenvalue weighted by Crippen LogP contribution is 2.32. The first-order chi connectivity index (χ1) is 11.8. The number of rotatable bonds is 2. The van der Waals surface area contributed by atoms with E-state index in [2.05, 4.69) is 83.1 Å². The summed E-state index contributed by atoms with van der Waals surface area (Å²) in [5.74, 6) is 0. The topological polar surface area (TPSA) is 29.7 Å². The number of aryl methyl sites for hydroxylation is 2. The first-order valence-electron chi connectivity index (χ1n) is 8.00. The lowest BCUT2D eigenvalue weighted by atomic mass is 9.97. The fraction of sp³-hybridized carbons (Fsp3) is 0.0952. The normalized spacial score (nSPS) is 10.9. The van der Waals surface area contributed by atoms with Gasteiger partial charge in [-0.15, -0.1) is 0 Å². The average Bonchev–Trinajstić information content (AvgIpc) is 2.63. The second-order valence-corrected chi connectivity index (χ2v) is 5.93. The van der Waals surface area contributed by atoms with Gasteiger partial charge in [-0.05, 0) is 36.8 Å². The van der Waals surface area contributed by atoms with Gasteiger partial charge in [-0.3, -0.25) is 0 Å². The molecule has 0 unspecified atom stereocenters. The quantitative estimate of drug-likeness (QED) is 0.522. The Balaban J connectivity index is 2.14. The van der Waals surface area contributed by atoms with Crippen LogP contribution in [0.2, 0.25) is 0 Å². The summed E-state index contributed by atoms with van der Waals surface area (Å²) in [6.45, 7) is 2.15. The van der Waals surface area contributed by atoms with Crippen molar-refractivity contribution in [3.8, 4) is 22.5 Å². The Morgan fingerprint density at radius 3 is 2.46 bits per heavy atom. The predicted molar refractivity (Wildman–Crippen MR) is 96.3 cm³/mol. The summed E-state index contributed by atoms with van der Waals surface area (Å²) in [5, 5.41) is 1.20. The van der Waals surface area contributed by atoms with Gasteiger partial charge in [0.15, 0.2) is 0 Å². The van der Waals surface area contributed by atoms with Crippen molar-refractivity contribution in [2.24, 2.45) is 7.05 Å². The number of hydrogen-bond acceptors (Lipinski definition) is 2. The summed E-state index contributed by atoms with van der Waals surface area (Å²) >= 11 is 0. The van der Waals surface area contributed by atoms with E-state index in [-0.39, 0.29) is 0 Å². The van der Waals surface area contributed by atoms with Gasteiger partial charge in [0.1, 0.15) is 13.4 Å². The molecule has 116 valence electrons. The lowest BCUT2D eigenvalue weighted by molar-refractivity contribution is -0.633. The number of pyridine rings is 1. The molecular formula is C21H18N3+. The molecule has 4 rings (SSSR count). The Bertz CT molecular complexity index is 1020. The molecule has 0 aliphatic heterocycles. The maximum absolute atomic E-state index is 4.49. The first kappa shape index (κ1) is 14.5. The lowest BCUT2D eigenvalue weighted by Gasteiger charge is -2.11. The molecule has 0 saturated carbocycles. The third kappa shape index (κ3) is 2.35. The number of hydrogen-bond donors (Lipinski definition) is 0. The summed E-state index contributed by atoms with van der Waals surface area (Å²) in [5.41, 5.74) is 6.90. The first-order valence-corrected chi connectivity index (χ1v) is 8.00. The number of nitrogens with zero attached hydrogens (tertiary/aromatic N) is 3. The van der Waals surface area contributed by atoms with Gasteiger partial charge in [-0.1, -0.05) is 30.3 Å². The van der Waals surface area contributed by atoms with Crippen LogP contribution in [0.15, 0.2) is 73.2 Å². The summed E-state index contributed by atoms with van der Waals surface area (Å²) in [6.07, 6.45) is 3.39. The number of benzene rings is 2. The van der Waals surface area contributed by atoms with Gasteiger partial charge >= 0.3 is 0 Å². The van der Waals surface area contributed by atoms with Crippen LogP contribution in [0, 0.1) is 6.92 Å². The predicted octanol–water partition coefficient (Wildman–Crippen LogP) is 4.10. The summed E-state index contributed by atoms with van der Waals surface area (Å²) in [4.78, 5) is 8.55.